The molecule has 4 heteroatoms. The zero-order chi connectivity index (χ0) is 11.9. The van der Waals surface area contributed by atoms with Gasteiger partial charge in [0.25, 0.3) is 0 Å². The zero-order valence-electron chi connectivity index (χ0n) is 9.30. The van der Waals surface area contributed by atoms with Crippen molar-refractivity contribution in [3.63, 3.8) is 0 Å². The summed E-state index contributed by atoms with van der Waals surface area (Å²) in [5.74, 6) is -1.20. The van der Waals surface area contributed by atoms with Gasteiger partial charge in [-0.15, -0.1) is 0 Å². The highest BCUT2D eigenvalue weighted by atomic mass is 19.1. The molecule has 0 aromatic heterocycles. The quantitative estimate of drug-likeness (QED) is 0.813. The second-order valence-corrected chi connectivity index (χ2v) is 4.87. The molecular formula is C12H15F2NO. The predicted octanol–water partition coefficient (Wildman–Crippen LogP) is 2.54. The molecule has 0 amide bonds. The third-order valence-corrected chi connectivity index (χ3v) is 3.50. The van der Waals surface area contributed by atoms with Crippen molar-refractivity contribution in [3.05, 3.63) is 29.8 Å². The lowest BCUT2D eigenvalue weighted by atomic mass is 9.64. The van der Waals surface area contributed by atoms with Crippen LogP contribution in [0.4, 0.5) is 14.5 Å². The first-order valence-electron chi connectivity index (χ1n) is 5.31. The highest BCUT2D eigenvalue weighted by molar-refractivity contribution is 5.48. The summed E-state index contributed by atoms with van der Waals surface area (Å²) in [7, 11) is 0. The van der Waals surface area contributed by atoms with Gasteiger partial charge in [0, 0.05) is 11.5 Å². The molecule has 2 unspecified atom stereocenters. The molecular weight excluding hydrogens is 212 g/mol. The smallest absolute Gasteiger partial charge is 0.149 e. The minimum absolute atomic E-state index is 0.103. The number of rotatable bonds is 2. The molecule has 0 saturated heterocycles. The number of aliphatic hydroxyl groups excluding tert-OH is 1. The van der Waals surface area contributed by atoms with Crippen LogP contribution < -0.4 is 5.32 Å². The van der Waals surface area contributed by atoms with E-state index in [4.69, 9.17) is 0 Å². The van der Waals surface area contributed by atoms with E-state index in [-0.39, 0.29) is 17.1 Å². The van der Waals surface area contributed by atoms with Gasteiger partial charge in [-0.2, -0.15) is 0 Å². The molecule has 1 fully saturated rings. The van der Waals surface area contributed by atoms with Crippen LogP contribution in [0.15, 0.2) is 18.2 Å². The Kier molecular flexibility index (Phi) is 2.62. The molecule has 1 aromatic rings. The zero-order valence-corrected chi connectivity index (χ0v) is 9.30. The van der Waals surface area contributed by atoms with E-state index in [0.717, 1.165) is 0 Å². The number of nitrogens with one attached hydrogen (secondary N) is 1. The van der Waals surface area contributed by atoms with Crippen molar-refractivity contribution in [2.24, 2.45) is 5.41 Å². The number of halogens is 2. The fourth-order valence-electron chi connectivity index (χ4n) is 1.96. The highest BCUT2D eigenvalue weighted by Crippen LogP contribution is 2.42. The number of anilines is 1. The van der Waals surface area contributed by atoms with Crippen LogP contribution in [0.2, 0.25) is 0 Å². The number of aliphatic hydroxyl groups is 1. The first-order chi connectivity index (χ1) is 7.43. The lowest BCUT2D eigenvalue weighted by Gasteiger charge is -2.49. The van der Waals surface area contributed by atoms with Crippen molar-refractivity contribution >= 4 is 5.69 Å². The summed E-state index contributed by atoms with van der Waals surface area (Å²) in [5, 5.41) is 12.4. The minimum Gasteiger partial charge on any atom is -0.392 e. The van der Waals surface area contributed by atoms with E-state index in [0.29, 0.717) is 6.42 Å². The van der Waals surface area contributed by atoms with Gasteiger partial charge < -0.3 is 10.4 Å². The molecule has 88 valence electrons. The summed E-state index contributed by atoms with van der Waals surface area (Å²) in [6, 6.07) is 3.66. The van der Waals surface area contributed by atoms with Gasteiger partial charge in [-0.1, -0.05) is 19.9 Å². The van der Waals surface area contributed by atoms with Gasteiger partial charge >= 0.3 is 0 Å². The fourth-order valence-corrected chi connectivity index (χ4v) is 1.96. The summed E-state index contributed by atoms with van der Waals surface area (Å²) in [6.07, 6.45) is 0.0978. The van der Waals surface area contributed by atoms with Crippen molar-refractivity contribution in [1.82, 2.24) is 0 Å². The van der Waals surface area contributed by atoms with Gasteiger partial charge in [-0.05, 0) is 18.6 Å². The number of benzene rings is 1. The molecule has 0 heterocycles. The van der Waals surface area contributed by atoms with Crippen LogP contribution in [0.3, 0.4) is 0 Å². The van der Waals surface area contributed by atoms with Crippen molar-refractivity contribution in [1.29, 1.82) is 0 Å². The van der Waals surface area contributed by atoms with E-state index >= 15 is 0 Å². The summed E-state index contributed by atoms with van der Waals surface area (Å²) in [4.78, 5) is 0. The molecule has 2 N–H and O–H groups in total. The van der Waals surface area contributed by atoms with E-state index in [1.54, 1.807) is 0 Å². The van der Waals surface area contributed by atoms with Crippen molar-refractivity contribution < 1.29 is 13.9 Å². The molecule has 2 nitrogen and oxygen atoms in total. The summed E-state index contributed by atoms with van der Waals surface area (Å²) in [5.41, 5.74) is -0.457. The Morgan fingerprint density at radius 1 is 1.31 bits per heavy atom. The second kappa shape index (κ2) is 3.70. The van der Waals surface area contributed by atoms with Crippen molar-refractivity contribution in [3.8, 4) is 0 Å². The average molecular weight is 227 g/mol. The molecule has 0 aliphatic heterocycles. The average Bonchev–Trinajstić information content (AvgIpc) is 2.22. The molecule has 0 spiro atoms. The summed E-state index contributed by atoms with van der Waals surface area (Å²) < 4.78 is 26.7. The van der Waals surface area contributed by atoms with Crippen LogP contribution in [-0.4, -0.2) is 17.3 Å². The molecule has 2 atom stereocenters. The topological polar surface area (TPSA) is 32.3 Å². The van der Waals surface area contributed by atoms with Crippen molar-refractivity contribution in [2.75, 3.05) is 5.32 Å². The number of hydrogen-bond acceptors (Lipinski definition) is 2. The maximum atomic E-state index is 13.4. The first kappa shape index (κ1) is 11.3. The summed E-state index contributed by atoms with van der Waals surface area (Å²) in [6.45, 7) is 3.75. The van der Waals surface area contributed by atoms with Crippen LogP contribution in [0.25, 0.3) is 0 Å². The molecule has 0 radical (unpaired) electrons. The molecule has 2 rings (SSSR count). The highest BCUT2D eigenvalue weighted by Gasteiger charge is 2.47. The third-order valence-electron chi connectivity index (χ3n) is 3.50. The Labute approximate surface area is 93.3 Å². The van der Waals surface area contributed by atoms with Crippen LogP contribution in [-0.2, 0) is 0 Å². The Hall–Kier alpha value is -1.16. The van der Waals surface area contributed by atoms with E-state index in [1.807, 2.05) is 13.8 Å². The van der Waals surface area contributed by atoms with Gasteiger partial charge in [0.1, 0.15) is 17.3 Å². The van der Waals surface area contributed by atoms with Crippen LogP contribution in [0.5, 0.6) is 0 Å². The predicted molar refractivity (Wildman–Crippen MR) is 58.2 cm³/mol. The molecule has 1 aromatic carbocycles. The Morgan fingerprint density at radius 2 is 1.88 bits per heavy atom. The van der Waals surface area contributed by atoms with E-state index < -0.39 is 17.7 Å². The SMILES string of the molecule is CC1(C)C(O)CC1Nc1c(F)cccc1F. The number of hydrogen-bond donors (Lipinski definition) is 2. The maximum absolute atomic E-state index is 13.4. The van der Waals surface area contributed by atoms with Crippen LogP contribution in [0, 0.1) is 17.0 Å². The third kappa shape index (κ3) is 1.67. The van der Waals surface area contributed by atoms with Gasteiger partial charge in [0.05, 0.1) is 6.10 Å². The molecule has 1 aliphatic rings. The van der Waals surface area contributed by atoms with Crippen molar-refractivity contribution in [2.45, 2.75) is 32.4 Å². The Morgan fingerprint density at radius 3 is 2.31 bits per heavy atom. The van der Waals surface area contributed by atoms with Crippen LogP contribution in [0.1, 0.15) is 20.3 Å². The molecule has 1 aliphatic carbocycles. The normalized spacial score (nSPS) is 27.3. The summed E-state index contributed by atoms with van der Waals surface area (Å²) >= 11 is 0. The monoisotopic (exact) mass is 227 g/mol. The molecule has 1 saturated carbocycles. The van der Waals surface area contributed by atoms with E-state index in [9.17, 15) is 13.9 Å². The van der Waals surface area contributed by atoms with Gasteiger partial charge in [0.15, 0.2) is 0 Å². The van der Waals surface area contributed by atoms with Gasteiger partial charge in [-0.3, -0.25) is 0 Å². The minimum atomic E-state index is -0.600. The largest absolute Gasteiger partial charge is 0.392 e. The maximum Gasteiger partial charge on any atom is 0.149 e. The van der Waals surface area contributed by atoms with Gasteiger partial charge in [-0.25, -0.2) is 8.78 Å². The van der Waals surface area contributed by atoms with E-state index in [2.05, 4.69) is 5.32 Å². The Balaban J connectivity index is 2.17. The standard InChI is InChI=1S/C12H15F2NO/c1-12(2)9(6-10(12)16)15-11-7(13)4-3-5-8(11)14/h3-5,9-10,15-16H,6H2,1-2H3. The molecule has 0 bridgehead atoms. The number of para-hydroxylation sites is 1. The van der Waals surface area contributed by atoms with E-state index in [1.165, 1.54) is 18.2 Å². The Bertz CT molecular complexity index is 386. The van der Waals surface area contributed by atoms with Crippen LogP contribution >= 0.6 is 0 Å². The first-order valence-corrected chi connectivity index (χ1v) is 5.31. The van der Waals surface area contributed by atoms with Gasteiger partial charge in [0.2, 0.25) is 0 Å². The lowest BCUT2D eigenvalue weighted by Crippen LogP contribution is -2.57. The second-order valence-electron chi connectivity index (χ2n) is 4.87. The molecule has 16 heavy (non-hydrogen) atoms. The lowest BCUT2D eigenvalue weighted by molar-refractivity contribution is -0.0512. The fraction of sp³-hybridized carbons (Fsp3) is 0.500.